The topological polar surface area (TPSA) is 68.5 Å². The van der Waals surface area contributed by atoms with Crippen molar-refractivity contribution < 1.29 is 9.66 Å². The van der Waals surface area contributed by atoms with Gasteiger partial charge in [0.2, 0.25) is 0 Å². The zero-order valence-corrected chi connectivity index (χ0v) is 12.6. The molecule has 1 fully saturated rings. The van der Waals surface area contributed by atoms with E-state index < -0.39 is 0 Å². The van der Waals surface area contributed by atoms with E-state index in [4.69, 9.17) is 4.74 Å². The summed E-state index contributed by atoms with van der Waals surface area (Å²) in [6.07, 6.45) is 2.41. The first-order chi connectivity index (χ1) is 10.7. The van der Waals surface area contributed by atoms with Crippen LogP contribution in [0.3, 0.4) is 0 Å². The van der Waals surface area contributed by atoms with Crippen molar-refractivity contribution in [2.75, 3.05) is 24.6 Å². The number of hydrogen-bond acceptors (Lipinski definition) is 5. The quantitative estimate of drug-likeness (QED) is 0.641. The Bertz CT molecular complexity index is 687. The summed E-state index contributed by atoms with van der Waals surface area (Å²) in [7, 11) is 0. The molecular formula is C16H19N3O3. The summed E-state index contributed by atoms with van der Waals surface area (Å²) in [5.41, 5.74) is 0.873. The Morgan fingerprint density at radius 3 is 3.05 bits per heavy atom. The Morgan fingerprint density at radius 1 is 1.41 bits per heavy atom. The molecular weight excluding hydrogens is 282 g/mol. The lowest BCUT2D eigenvalue weighted by molar-refractivity contribution is -0.384. The van der Waals surface area contributed by atoms with Crippen molar-refractivity contribution in [3.63, 3.8) is 0 Å². The Hall–Kier alpha value is -2.21. The molecule has 1 unspecified atom stereocenters. The van der Waals surface area contributed by atoms with Gasteiger partial charge < -0.3 is 9.64 Å². The van der Waals surface area contributed by atoms with Crippen LogP contribution in [0.25, 0.3) is 10.9 Å². The normalized spacial score (nSPS) is 18.6. The predicted octanol–water partition coefficient (Wildman–Crippen LogP) is 3.15. The Kier molecular flexibility index (Phi) is 4.20. The summed E-state index contributed by atoms with van der Waals surface area (Å²) in [4.78, 5) is 17.3. The van der Waals surface area contributed by atoms with Crippen LogP contribution in [0.2, 0.25) is 0 Å². The lowest BCUT2D eigenvalue weighted by atomic mass is 10.1. The second kappa shape index (κ2) is 6.27. The Balaban J connectivity index is 1.85. The number of hydrogen-bond donors (Lipinski definition) is 0. The lowest BCUT2D eigenvalue weighted by Crippen LogP contribution is -2.42. The van der Waals surface area contributed by atoms with Gasteiger partial charge in [0.1, 0.15) is 5.82 Å². The summed E-state index contributed by atoms with van der Waals surface area (Å²) >= 11 is 0. The third-order valence-corrected chi connectivity index (χ3v) is 3.94. The zero-order chi connectivity index (χ0) is 15.5. The highest BCUT2D eigenvalue weighted by atomic mass is 16.6. The SMILES string of the molecule is CCCC1CN(c2ccc3cc([N+](=O)[O-])ccc3n2)CCO1. The van der Waals surface area contributed by atoms with E-state index in [-0.39, 0.29) is 16.7 Å². The maximum absolute atomic E-state index is 10.8. The molecule has 1 aliphatic rings. The molecule has 0 saturated carbocycles. The van der Waals surface area contributed by atoms with Gasteiger partial charge in [-0.25, -0.2) is 4.98 Å². The molecule has 0 spiro atoms. The molecule has 6 nitrogen and oxygen atoms in total. The monoisotopic (exact) mass is 301 g/mol. The Morgan fingerprint density at radius 2 is 2.27 bits per heavy atom. The molecule has 0 radical (unpaired) electrons. The first-order valence-corrected chi connectivity index (χ1v) is 7.59. The fourth-order valence-corrected chi connectivity index (χ4v) is 2.82. The van der Waals surface area contributed by atoms with Crippen molar-refractivity contribution in [2.45, 2.75) is 25.9 Å². The summed E-state index contributed by atoms with van der Waals surface area (Å²) < 4.78 is 5.76. The minimum atomic E-state index is -0.384. The van der Waals surface area contributed by atoms with E-state index in [1.165, 1.54) is 6.07 Å². The molecule has 1 aliphatic heterocycles. The molecule has 1 aromatic carbocycles. The standard InChI is InChI=1S/C16H19N3O3/c1-2-3-14-11-18(8-9-22-14)16-7-4-12-10-13(19(20)21)5-6-15(12)17-16/h4-7,10,14H,2-3,8-9,11H2,1H3. The number of nitro groups is 1. The number of nitrogens with zero attached hydrogens (tertiary/aromatic N) is 3. The van der Waals surface area contributed by atoms with Crippen LogP contribution in [0.5, 0.6) is 0 Å². The number of non-ortho nitro benzene ring substituents is 1. The van der Waals surface area contributed by atoms with E-state index in [0.717, 1.165) is 42.7 Å². The molecule has 1 saturated heterocycles. The van der Waals surface area contributed by atoms with Gasteiger partial charge in [0.15, 0.2) is 0 Å². The van der Waals surface area contributed by atoms with Crippen molar-refractivity contribution in [3.05, 3.63) is 40.4 Å². The number of rotatable bonds is 4. The van der Waals surface area contributed by atoms with Gasteiger partial charge in [-0.15, -0.1) is 0 Å². The molecule has 2 heterocycles. The van der Waals surface area contributed by atoms with Crippen LogP contribution < -0.4 is 4.90 Å². The molecule has 2 aromatic rings. The van der Waals surface area contributed by atoms with Crippen LogP contribution in [0.15, 0.2) is 30.3 Å². The van der Waals surface area contributed by atoms with Crippen LogP contribution in [0.4, 0.5) is 11.5 Å². The highest BCUT2D eigenvalue weighted by molar-refractivity contribution is 5.82. The molecule has 1 aromatic heterocycles. The smallest absolute Gasteiger partial charge is 0.270 e. The summed E-state index contributed by atoms with van der Waals surface area (Å²) in [6.45, 7) is 4.54. The van der Waals surface area contributed by atoms with Gasteiger partial charge in [-0.05, 0) is 24.6 Å². The van der Waals surface area contributed by atoms with Gasteiger partial charge >= 0.3 is 0 Å². The molecule has 116 valence electrons. The maximum Gasteiger partial charge on any atom is 0.270 e. The third-order valence-electron chi connectivity index (χ3n) is 3.94. The van der Waals surface area contributed by atoms with Crippen LogP contribution in [-0.2, 0) is 4.74 Å². The van der Waals surface area contributed by atoms with Gasteiger partial charge in [-0.2, -0.15) is 0 Å². The summed E-state index contributed by atoms with van der Waals surface area (Å²) in [5.74, 6) is 0.908. The van der Waals surface area contributed by atoms with Crippen molar-refractivity contribution >= 4 is 22.4 Å². The number of benzene rings is 1. The number of fused-ring (bicyclic) bond motifs is 1. The third kappa shape index (κ3) is 3.01. The average molecular weight is 301 g/mol. The van der Waals surface area contributed by atoms with Crippen molar-refractivity contribution in [1.82, 2.24) is 4.98 Å². The number of pyridine rings is 1. The average Bonchev–Trinajstić information content (AvgIpc) is 2.54. The zero-order valence-electron chi connectivity index (χ0n) is 12.6. The second-order valence-electron chi connectivity index (χ2n) is 5.53. The number of aromatic nitrogens is 1. The molecule has 0 amide bonds. The lowest BCUT2D eigenvalue weighted by Gasteiger charge is -2.33. The molecule has 1 atom stereocenters. The van der Waals surface area contributed by atoms with E-state index >= 15 is 0 Å². The van der Waals surface area contributed by atoms with Crippen molar-refractivity contribution in [2.24, 2.45) is 0 Å². The molecule has 22 heavy (non-hydrogen) atoms. The van der Waals surface area contributed by atoms with Gasteiger partial charge in [0.05, 0.1) is 23.2 Å². The van der Waals surface area contributed by atoms with Gasteiger partial charge in [-0.1, -0.05) is 13.3 Å². The van der Waals surface area contributed by atoms with E-state index in [1.54, 1.807) is 12.1 Å². The van der Waals surface area contributed by atoms with Gasteiger partial charge in [-0.3, -0.25) is 10.1 Å². The number of morpholine rings is 1. The minimum absolute atomic E-state index is 0.0939. The first-order valence-electron chi connectivity index (χ1n) is 7.59. The molecule has 3 rings (SSSR count). The van der Waals surface area contributed by atoms with Crippen LogP contribution in [0, 0.1) is 10.1 Å². The van der Waals surface area contributed by atoms with Crippen molar-refractivity contribution in [3.8, 4) is 0 Å². The van der Waals surface area contributed by atoms with Crippen molar-refractivity contribution in [1.29, 1.82) is 0 Å². The van der Waals surface area contributed by atoms with E-state index in [2.05, 4.69) is 16.8 Å². The molecule has 0 bridgehead atoms. The summed E-state index contributed by atoms with van der Waals surface area (Å²) in [5, 5.41) is 11.6. The Labute approximate surface area is 128 Å². The van der Waals surface area contributed by atoms with E-state index in [1.807, 2.05) is 12.1 Å². The number of ether oxygens (including phenoxy) is 1. The number of nitro benzene ring substituents is 1. The highest BCUT2D eigenvalue weighted by Crippen LogP contribution is 2.24. The highest BCUT2D eigenvalue weighted by Gasteiger charge is 2.21. The fraction of sp³-hybridized carbons (Fsp3) is 0.438. The van der Waals surface area contributed by atoms with Crippen LogP contribution >= 0.6 is 0 Å². The minimum Gasteiger partial charge on any atom is -0.375 e. The largest absolute Gasteiger partial charge is 0.375 e. The number of anilines is 1. The molecule has 0 N–H and O–H groups in total. The fourth-order valence-electron chi connectivity index (χ4n) is 2.82. The van der Waals surface area contributed by atoms with Gasteiger partial charge in [0.25, 0.3) is 5.69 Å². The second-order valence-corrected chi connectivity index (χ2v) is 5.53. The molecule has 6 heteroatoms. The van der Waals surface area contributed by atoms with Crippen LogP contribution in [-0.4, -0.2) is 35.7 Å². The van der Waals surface area contributed by atoms with E-state index in [0.29, 0.717) is 6.61 Å². The predicted molar refractivity (Wildman–Crippen MR) is 85.3 cm³/mol. The van der Waals surface area contributed by atoms with Gasteiger partial charge in [0, 0.05) is 30.6 Å². The summed E-state index contributed by atoms with van der Waals surface area (Å²) in [6, 6.07) is 8.60. The van der Waals surface area contributed by atoms with E-state index in [9.17, 15) is 10.1 Å². The molecule has 0 aliphatic carbocycles. The first kappa shape index (κ1) is 14.7. The van der Waals surface area contributed by atoms with Crippen LogP contribution in [0.1, 0.15) is 19.8 Å². The maximum atomic E-state index is 10.8.